The lowest BCUT2D eigenvalue weighted by molar-refractivity contribution is -0.135. The summed E-state index contributed by atoms with van der Waals surface area (Å²) in [5.74, 6) is -1.88. The third kappa shape index (κ3) is 10.5. The lowest BCUT2D eigenvalue weighted by atomic mass is 10.1. The van der Waals surface area contributed by atoms with Crippen LogP contribution in [0.1, 0.15) is 38.5 Å². The van der Waals surface area contributed by atoms with Gasteiger partial charge in [0.2, 0.25) is 0 Å². The van der Waals surface area contributed by atoms with Crippen molar-refractivity contribution in [3.8, 4) is 0 Å². The van der Waals surface area contributed by atoms with Crippen LogP contribution >= 0.6 is 0 Å². The van der Waals surface area contributed by atoms with E-state index in [1.807, 2.05) is 0 Å². The number of unbranched alkanes of at least 4 members (excludes halogenated alkanes) is 3. The Morgan fingerprint density at radius 1 is 0.682 bits per heavy atom. The van der Waals surface area contributed by atoms with E-state index in [1.54, 1.807) is 0 Å². The molecule has 22 heavy (non-hydrogen) atoms. The van der Waals surface area contributed by atoms with Gasteiger partial charge >= 0.3 is 32.7 Å². The first-order valence-electron chi connectivity index (χ1n) is 6.17. The number of hydrogen-bond acceptors (Lipinski definition) is 10. The summed E-state index contributed by atoms with van der Waals surface area (Å²) >= 11 is 0. The Balaban J connectivity index is 3.75. The molecule has 0 aliphatic carbocycles. The number of rotatable bonds is 11. The molecular weight excluding hydrogens is 344 g/mol. The fourth-order valence-electron chi connectivity index (χ4n) is 1.27. The van der Waals surface area contributed by atoms with Gasteiger partial charge in [0, 0.05) is 12.8 Å². The van der Waals surface area contributed by atoms with Gasteiger partial charge < -0.3 is 8.37 Å². The monoisotopic (exact) mass is 362 g/mol. The first-order chi connectivity index (χ1) is 10.1. The highest BCUT2D eigenvalue weighted by Gasteiger charge is 2.16. The van der Waals surface area contributed by atoms with Crippen molar-refractivity contribution in [3.63, 3.8) is 0 Å². The Kier molecular flexibility index (Phi) is 9.16. The molecular formula is C10H18O10S2. The van der Waals surface area contributed by atoms with Crippen LogP contribution in [0.2, 0.25) is 0 Å². The van der Waals surface area contributed by atoms with Crippen molar-refractivity contribution in [1.82, 2.24) is 0 Å². The molecule has 10 nitrogen and oxygen atoms in total. The summed E-state index contributed by atoms with van der Waals surface area (Å²) in [4.78, 5) is 22.2. The van der Waals surface area contributed by atoms with E-state index in [2.05, 4.69) is 16.7 Å². The molecule has 0 saturated carbocycles. The zero-order valence-electron chi connectivity index (χ0n) is 12.1. The standard InChI is InChI=1S/C10H18O10S2/c1-17-21(13,14)19-9(11)7-5-3-4-6-8-10(12)20-22(15,16)18-2/h3-8H2,1-2H3. The summed E-state index contributed by atoms with van der Waals surface area (Å²) in [6.45, 7) is 0. The zero-order chi connectivity index (χ0) is 17.2. The van der Waals surface area contributed by atoms with Crippen LogP contribution in [0.15, 0.2) is 0 Å². The molecule has 0 aromatic heterocycles. The smallest absolute Gasteiger partial charge is 0.325 e. The Hall–Kier alpha value is -1.24. The Morgan fingerprint density at radius 2 is 1.00 bits per heavy atom. The zero-order valence-corrected chi connectivity index (χ0v) is 13.8. The fraction of sp³-hybridized carbons (Fsp3) is 0.800. The van der Waals surface area contributed by atoms with E-state index in [0.29, 0.717) is 25.7 Å². The highest BCUT2D eigenvalue weighted by molar-refractivity contribution is 7.82. The van der Waals surface area contributed by atoms with Crippen LogP contribution in [0, 0.1) is 0 Å². The SMILES string of the molecule is COS(=O)(=O)OC(=O)CCCCCCC(=O)OS(=O)(=O)OC. The van der Waals surface area contributed by atoms with Crippen molar-refractivity contribution in [1.29, 1.82) is 0 Å². The molecule has 0 unspecified atom stereocenters. The molecule has 0 fully saturated rings. The van der Waals surface area contributed by atoms with Gasteiger partial charge in [0.05, 0.1) is 14.2 Å². The third-order valence-electron chi connectivity index (χ3n) is 2.31. The third-order valence-corrected chi connectivity index (χ3v) is 3.91. The fourth-order valence-corrected chi connectivity index (χ4v) is 2.03. The average molecular weight is 362 g/mol. The van der Waals surface area contributed by atoms with Crippen molar-refractivity contribution >= 4 is 32.7 Å². The van der Waals surface area contributed by atoms with E-state index in [0.717, 1.165) is 14.2 Å². The molecule has 0 amide bonds. The van der Waals surface area contributed by atoms with Gasteiger partial charge in [0.15, 0.2) is 0 Å². The van der Waals surface area contributed by atoms with Crippen LogP contribution in [0.4, 0.5) is 0 Å². The largest absolute Gasteiger partial charge is 0.451 e. The van der Waals surface area contributed by atoms with Gasteiger partial charge in [0.25, 0.3) is 0 Å². The van der Waals surface area contributed by atoms with E-state index in [9.17, 15) is 26.4 Å². The first-order valence-corrected chi connectivity index (χ1v) is 8.84. The van der Waals surface area contributed by atoms with Crippen molar-refractivity contribution in [2.75, 3.05) is 14.2 Å². The molecule has 0 bridgehead atoms. The normalized spacial score (nSPS) is 11.9. The van der Waals surface area contributed by atoms with Gasteiger partial charge in [-0.15, -0.1) is 0 Å². The van der Waals surface area contributed by atoms with Gasteiger partial charge in [-0.1, -0.05) is 12.8 Å². The maximum Gasteiger partial charge on any atom is 0.451 e. The summed E-state index contributed by atoms with van der Waals surface area (Å²) in [6, 6.07) is 0. The van der Waals surface area contributed by atoms with Crippen LogP contribution in [0.5, 0.6) is 0 Å². The molecule has 0 spiro atoms. The number of carbonyl (C=O) groups excluding carboxylic acids is 2. The van der Waals surface area contributed by atoms with Gasteiger partial charge in [-0.25, -0.2) is 8.37 Å². The van der Waals surface area contributed by atoms with E-state index in [1.165, 1.54) is 0 Å². The van der Waals surface area contributed by atoms with E-state index in [-0.39, 0.29) is 12.8 Å². The quantitative estimate of drug-likeness (QED) is 0.468. The highest BCUT2D eigenvalue weighted by atomic mass is 32.3. The van der Waals surface area contributed by atoms with Crippen molar-refractivity contribution in [2.24, 2.45) is 0 Å². The maximum atomic E-state index is 11.1. The molecule has 0 aliphatic heterocycles. The van der Waals surface area contributed by atoms with Gasteiger partial charge in [-0.2, -0.15) is 16.8 Å². The Labute approximate surface area is 129 Å². The minimum Gasteiger partial charge on any atom is -0.325 e. The number of carbonyl (C=O) groups is 2. The molecule has 0 aliphatic rings. The second-order valence-corrected chi connectivity index (χ2v) is 6.61. The predicted molar refractivity (Wildman–Crippen MR) is 71.7 cm³/mol. The molecule has 0 aromatic rings. The van der Waals surface area contributed by atoms with Crippen LogP contribution < -0.4 is 0 Å². The molecule has 0 N–H and O–H groups in total. The van der Waals surface area contributed by atoms with E-state index >= 15 is 0 Å². The molecule has 0 radical (unpaired) electrons. The van der Waals surface area contributed by atoms with Crippen molar-refractivity contribution < 1.29 is 43.2 Å². The maximum absolute atomic E-state index is 11.1. The van der Waals surface area contributed by atoms with Crippen LogP contribution in [0.25, 0.3) is 0 Å². The summed E-state index contributed by atoms with van der Waals surface area (Å²) in [6.07, 6.45) is 1.50. The summed E-state index contributed by atoms with van der Waals surface area (Å²) < 4.78 is 59.1. The summed E-state index contributed by atoms with van der Waals surface area (Å²) in [5, 5.41) is 0. The highest BCUT2D eigenvalue weighted by Crippen LogP contribution is 2.09. The summed E-state index contributed by atoms with van der Waals surface area (Å²) in [5.41, 5.74) is 0. The van der Waals surface area contributed by atoms with Crippen LogP contribution in [-0.2, 0) is 47.1 Å². The Bertz CT molecular complexity index is 511. The lowest BCUT2D eigenvalue weighted by Gasteiger charge is -2.04. The Morgan fingerprint density at radius 3 is 1.27 bits per heavy atom. The van der Waals surface area contributed by atoms with Crippen molar-refractivity contribution in [2.45, 2.75) is 38.5 Å². The van der Waals surface area contributed by atoms with Gasteiger partial charge in [0.1, 0.15) is 0 Å². The molecule has 0 aromatic carbocycles. The van der Waals surface area contributed by atoms with Gasteiger partial charge in [-0.05, 0) is 12.8 Å². The van der Waals surface area contributed by atoms with E-state index in [4.69, 9.17) is 0 Å². The number of hydrogen-bond donors (Lipinski definition) is 0. The predicted octanol–water partition coefficient (Wildman–Crippen LogP) is 0.196. The first kappa shape index (κ1) is 20.8. The second kappa shape index (κ2) is 9.71. The summed E-state index contributed by atoms with van der Waals surface area (Å²) in [7, 11) is -6.82. The molecule has 0 heterocycles. The average Bonchev–Trinajstić information content (AvgIpc) is 2.41. The second-order valence-electron chi connectivity index (χ2n) is 3.97. The van der Waals surface area contributed by atoms with Crippen molar-refractivity contribution in [3.05, 3.63) is 0 Å². The molecule has 130 valence electrons. The van der Waals surface area contributed by atoms with E-state index < -0.39 is 32.7 Å². The molecule has 12 heteroatoms. The molecule has 0 saturated heterocycles. The lowest BCUT2D eigenvalue weighted by Crippen LogP contribution is -2.14. The topological polar surface area (TPSA) is 139 Å². The molecule has 0 rings (SSSR count). The minimum atomic E-state index is -4.28. The van der Waals surface area contributed by atoms with Crippen LogP contribution in [-0.4, -0.2) is 43.0 Å². The molecule has 0 atom stereocenters. The minimum absolute atomic E-state index is 0.120. The van der Waals surface area contributed by atoms with Gasteiger partial charge in [-0.3, -0.25) is 9.59 Å². The van der Waals surface area contributed by atoms with Crippen LogP contribution in [0.3, 0.4) is 0 Å².